The number of carbonyl (C=O) groups is 1. The molecule has 0 saturated heterocycles. The number of nitrogens with zero attached hydrogens (tertiary/aromatic N) is 5. The van der Waals surface area contributed by atoms with Gasteiger partial charge in [0.05, 0.1) is 22.7 Å². The molecule has 182 valence electrons. The zero-order valence-corrected chi connectivity index (χ0v) is 20.5. The van der Waals surface area contributed by atoms with Crippen LogP contribution in [0.15, 0.2) is 129 Å². The van der Waals surface area contributed by atoms with E-state index < -0.39 is 0 Å². The van der Waals surface area contributed by atoms with Gasteiger partial charge in [-0.15, -0.1) is 10.2 Å². The van der Waals surface area contributed by atoms with Crippen LogP contribution < -0.4 is 5.43 Å². The van der Waals surface area contributed by atoms with Gasteiger partial charge in [0.1, 0.15) is 5.71 Å². The molecule has 38 heavy (non-hydrogen) atoms. The van der Waals surface area contributed by atoms with Crippen molar-refractivity contribution in [2.45, 2.75) is 0 Å². The number of allylic oxidation sites excluding steroid dienone is 1. The Morgan fingerprint density at radius 3 is 1.97 bits per heavy atom. The van der Waals surface area contributed by atoms with Gasteiger partial charge in [-0.1, -0.05) is 78.9 Å². The number of anilines is 1. The molecule has 0 heterocycles. The summed E-state index contributed by atoms with van der Waals surface area (Å²) in [5.74, 6) is -0.107. The first-order valence-corrected chi connectivity index (χ1v) is 12.1. The van der Waals surface area contributed by atoms with E-state index in [1.807, 2.05) is 103 Å². The molecule has 0 amide bonds. The lowest BCUT2D eigenvalue weighted by atomic mass is 9.95. The van der Waals surface area contributed by atoms with Crippen molar-refractivity contribution in [2.75, 3.05) is 12.5 Å². The van der Waals surface area contributed by atoms with Crippen LogP contribution in [-0.2, 0) is 0 Å². The Hall–Kier alpha value is -5.30. The lowest BCUT2D eigenvalue weighted by Crippen LogP contribution is -2.18. The van der Waals surface area contributed by atoms with Crippen LogP contribution >= 0.6 is 0 Å². The van der Waals surface area contributed by atoms with Crippen LogP contribution in [0.3, 0.4) is 0 Å². The van der Waals surface area contributed by atoms with Gasteiger partial charge in [0.2, 0.25) is 5.78 Å². The molecule has 5 aromatic carbocycles. The molecule has 0 bridgehead atoms. The average Bonchev–Trinajstić information content (AvgIpc) is 2.96. The zero-order valence-electron chi connectivity index (χ0n) is 20.5. The van der Waals surface area contributed by atoms with Crippen LogP contribution in [0.4, 0.5) is 22.7 Å². The Morgan fingerprint density at radius 1 is 0.579 bits per heavy atom. The predicted octanol–water partition coefficient (Wildman–Crippen LogP) is 8.80. The van der Waals surface area contributed by atoms with Gasteiger partial charge in [-0.2, -0.15) is 15.3 Å². The quantitative estimate of drug-likeness (QED) is 0.195. The summed E-state index contributed by atoms with van der Waals surface area (Å²) in [6.45, 7) is 0. The number of Topliss-reactive ketones (excluding diaryl/α,β-unsaturated/α-hetero) is 1. The Morgan fingerprint density at radius 2 is 1.18 bits per heavy atom. The van der Waals surface area contributed by atoms with Crippen LogP contribution in [0.2, 0.25) is 0 Å². The molecule has 0 spiro atoms. The number of benzene rings is 5. The molecule has 1 N–H and O–H groups in total. The van der Waals surface area contributed by atoms with E-state index in [9.17, 15) is 4.79 Å². The van der Waals surface area contributed by atoms with Crippen molar-refractivity contribution in [1.82, 2.24) is 0 Å². The van der Waals surface area contributed by atoms with Gasteiger partial charge in [-0.25, -0.2) is 0 Å². The number of hydrogen-bond donors (Lipinski definition) is 1. The van der Waals surface area contributed by atoms with Crippen LogP contribution in [0, 0.1) is 0 Å². The van der Waals surface area contributed by atoms with Crippen LogP contribution in [0.1, 0.15) is 15.9 Å². The summed E-state index contributed by atoms with van der Waals surface area (Å²) in [5, 5.41) is 25.5. The molecule has 5 aromatic rings. The van der Waals surface area contributed by atoms with E-state index in [4.69, 9.17) is 0 Å². The van der Waals surface area contributed by atoms with E-state index in [1.54, 1.807) is 13.1 Å². The summed E-state index contributed by atoms with van der Waals surface area (Å²) in [6, 6.07) is 30.9. The van der Waals surface area contributed by atoms with Crippen molar-refractivity contribution < 1.29 is 4.79 Å². The molecule has 1 aliphatic carbocycles. The summed E-state index contributed by atoms with van der Waals surface area (Å²) in [7, 11) is 1.65. The fourth-order valence-corrected chi connectivity index (χ4v) is 4.58. The first kappa shape index (κ1) is 23.1. The lowest BCUT2D eigenvalue weighted by molar-refractivity contribution is 0.106. The number of azo groups is 2. The number of nitrogens with one attached hydrogen (secondary N) is 1. The van der Waals surface area contributed by atoms with Crippen LogP contribution in [0.5, 0.6) is 0 Å². The third-order valence-corrected chi connectivity index (χ3v) is 6.41. The number of carbonyl (C=O) groups excluding carboxylic acids is 1. The molecule has 1 aliphatic rings. The number of fused-ring (bicyclic) bond motifs is 3. The molecule has 7 heteroatoms. The van der Waals surface area contributed by atoms with Gasteiger partial charge >= 0.3 is 0 Å². The second-order valence-electron chi connectivity index (χ2n) is 8.69. The predicted molar refractivity (Wildman–Crippen MR) is 153 cm³/mol. The van der Waals surface area contributed by atoms with Gasteiger partial charge in [-0.05, 0) is 35.9 Å². The maximum atomic E-state index is 12.9. The van der Waals surface area contributed by atoms with Gasteiger partial charge in [-0.3, -0.25) is 10.2 Å². The van der Waals surface area contributed by atoms with Crippen LogP contribution in [-0.4, -0.2) is 18.5 Å². The number of ketones is 1. The third kappa shape index (κ3) is 4.26. The minimum Gasteiger partial charge on any atom is -0.287 e. The highest BCUT2D eigenvalue weighted by Gasteiger charge is 2.19. The van der Waals surface area contributed by atoms with Crippen molar-refractivity contribution in [3.63, 3.8) is 0 Å². The highest BCUT2D eigenvalue weighted by atomic mass is 16.1. The largest absolute Gasteiger partial charge is 0.287 e. The third-order valence-electron chi connectivity index (χ3n) is 6.41. The minimum absolute atomic E-state index is 0.107. The van der Waals surface area contributed by atoms with Gasteiger partial charge in [0, 0.05) is 34.2 Å². The summed E-state index contributed by atoms with van der Waals surface area (Å²) in [4.78, 5) is 12.9. The fourth-order valence-electron chi connectivity index (χ4n) is 4.58. The topological polar surface area (TPSA) is 90.9 Å². The van der Waals surface area contributed by atoms with E-state index in [-0.39, 0.29) is 5.78 Å². The molecule has 0 radical (unpaired) electrons. The van der Waals surface area contributed by atoms with E-state index in [2.05, 4.69) is 31.0 Å². The second kappa shape index (κ2) is 9.99. The Bertz CT molecular complexity index is 1830. The van der Waals surface area contributed by atoms with Crippen LogP contribution in [0.25, 0.3) is 27.6 Å². The average molecular weight is 495 g/mol. The molecular weight excluding hydrogens is 472 g/mol. The molecule has 0 atom stereocenters. The Labute approximate surface area is 219 Å². The maximum absolute atomic E-state index is 12.9. The highest BCUT2D eigenvalue weighted by Crippen LogP contribution is 2.36. The first-order valence-electron chi connectivity index (χ1n) is 12.1. The fraction of sp³-hybridized carbons (Fsp3) is 0.0323. The van der Waals surface area contributed by atoms with E-state index in [0.29, 0.717) is 11.3 Å². The van der Waals surface area contributed by atoms with E-state index >= 15 is 0 Å². The number of hydrogen-bond acceptors (Lipinski definition) is 7. The standard InChI is InChI=1S/C31H22N6O/c1-32-33-28-18-19-29(23-11-5-4-10-22(23)28)36-34-26-14-6-13-25-24(26)12-7-15-27(25)35-37-30-17-16-20-8-2-3-9-21(20)31(30)38/h2-19,35H,1H3/b33-32?,36-34?,37-30-. The van der Waals surface area contributed by atoms with Crippen molar-refractivity contribution >= 4 is 61.9 Å². The SMILES string of the molecule is CN=Nc1ccc(N=Nc2cccc3c(N/N=C4/C=Cc5ccccc5C4=O)cccc23)c2ccccc12. The normalized spacial score (nSPS) is 14.2. The second-order valence-corrected chi connectivity index (χ2v) is 8.69. The van der Waals surface area contributed by atoms with Crippen molar-refractivity contribution in [3.05, 3.63) is 114 Å². The maximum Gasteiger partial charge on any atom is 0.213 e. The van der Waals surface area contributed by atoms with Crippen molar-refractivity contribution in [3.8, 4) is 0 Å². The molecule has 0 fully saturated rings. The summed E-state index contributed by atoms with van der Waals surface area (Å²) in [5.41, 5.74) is 8.02. The Kier molecular flexibility index (Phi) is 6.08. The highest BCUT2D eigenvalue weighted by molar-refractivity contribution is 6.52. The summed E-state index contributed by atoms with van der Waals surface area (Å²) >= 11 is 0. The molecule has 0 aliphatic heterocycles. The van der Waals surface area contributed by atoms with Crippen molar-refractivity contribution in [2.24, 2.45) is 25.6 Å². The number of hydrazone groups is 1. The van der Waals surface area contributed by atoms with E-state index in [0.717, 1.165) is 49.9 Å². The molecule has 0 saturated carbocycles. The zero-order chi connectivity index (χ0) is 25.9. The smallest absolute Gasteiger partial charge is 0.213 e. The number of rotatable bonds is 5. The van der Waals surface area contributed by atoms with Gasteiger partial charge in [0.25, 0.3) is 0 Å². The summed E-state index contributed by atoms with van der Waals surface area (Å²) in [6.07, 6.45) is 3.64. The van der Waals surface area contributed by atoms with Gasteiger partial charge < -0.3 is 0 Å². The lowest BCUT2D eigenvalue weighted by Gasteiger charge is -2.12. The first-order chi connectivity index (χ1) is 18.7. The minimum atomic E-state index is -0.107. The molecule has 6 rings (SSSR count). The Balaban J connectivity index is 1.33. The molecular formula is C31H22N6O. The van der Waals surface area contributed by atoms with Crippen molar-refractivity contribution in [1.29, 1.82) is 0 Å². The molecule has 0 unspecified atom stereocenters. The summed E-state index contributed by atoms with van der Waals surface area (Å²) < 4.78 is 0. The van der Waals surface area contributed by atoms with Gasteiger partial charge in [0.15, 0.2) is 0 Å². The molecule has 7 nitrogen and oxygen atoms in total. The van der Waals surface area contributed by atoms with E-state index in [1.165, 1.54) is 0 Å². The molecule has 0 aromatic heterocycles. The monoisotopic (exact) mass is 494 g/mol.